The van der Waals surface area contributed by atoms with Crippen LogP contribution in [0.1, 0.15) is 26.3 Å². The Morgan fingerprint density at radius 1 is 1.25 bits per heavy atom. The summed E-state index contributed by atoms with van der Waals surface area (Å²) >= 11 is 6.02. The maximum atomic E-state index is 11.8. The number of hydrogen-bond donors (Lipinski definition) is 2. The van der Waals surface area contributed by atoms with E-state index in [0.717, 1.165) is 0 Å². The average Bonchev–Trinajstić information content (AvgIpc) is 2.43. The zero-order valence-electron chi connectivity index (χ0n) is 14.3. The molecule has 1 unspecified atom stereocenters. The number of carbonyl (C=O) groups excluding carboxylic acids is 1. The number of carbonyl (C=O) groups is 2. The van der Waals surface area contributed by atoms with E-state index < -0.39 is 23.7 Å². The summed E-state index contributed by atoms with van der Waals surface area (Å²) in [6.07, 6.45) is -0.864. The summed E-state index contributed by atoms with van der Waals surface area (Å²) in [4.78, 5) is 23.3. The number of methoxy groups -OCH3 is 2. The highest BCUT2D eigenvalue weighted by molar-refractivity contribution is 6.30. The van der Waals surface area contributed by atoms with Crippen molar-refractivity contribution in [3.63, 3.8) is 0 Å². The predicted molar refractivity (Wildman–Crippen MR) is 89.1 cm³/mol. The second-order valence-electron chi connectivity index (χ2n) is 6.04. The summed E-state index contributed by atoms with van der Waals surface area (Å²) in [7, 11) is 2.89. The molecule has 0 bridgehead atoms. The number of carboxylic acid groups (broad SMARTS) is 1. The van der Waals surface area contributed by atoms with E-state index in [9.17, 15) is 14.7 Å². The molecule has 0 saturated carbocycles. The minimum Gasteiger partial charge on any atom is -0.493 e. The molecule has 24 heavy (non-hydrogen) atoms. The van der Waals surface area contributed by atoms with E-state index in [1.165, 1.54) is 14.2 Å². The first-order chi connectivity index (χ1) is 11.1. The Morgan fingerprint density at radius 2 is 1.88 bits per heavy atom. The molecule has 1 amide bonds. The van der Waals surface area contributed by atoms with Crippen LogP contribution in [0.25, 0.3) is 0 Å². The number of aliphatic carboxylic acids is 1. The number of amides is 1. The Hall–Kier alpha value is -2.15. The molecule has 0 saturated heterocycles. The largest absolute Gasteiger partial charge is 0.493 e. The van der Waals surface area contributed by atoms with Gasteiger partial charge in [0.05, 0.1) is 14.2 Å². The van der Waals surface area contributed by atoms with Gasteiger partial charge >= 0.3 is 12.1 Å². The Morgan fingerprint density at radius 3 is 2.33 bits per heavy atom. The van der Waals surface area contributed by atoms with Crippen LogP contribution < -0.4 is 14.8 Å². The molecule has 0 aliphatic carbocycles. The van der Waals surface area contributed by atoms with Gasteiger partial charge in [-0.25, -0.2) is 9.59 Å². The van der Waals surface area contributed by atoms with Crippen molar-refractivity contribution in [2.24, 2.45) is 0 Å². The summed E-state index contributed by atoms with van der Waals surface area (Å²) in [6.45, 7) is 5.06. The van der Waals surface area contributed by atoms with Gasteiger partial charge in [-0.05, 0) is 26.8 Å². The van der Waals surface area contributed by atoms with Gasteiger partial charge in [-0.15, -0.1) is 0 Å². The molecule has 1 aromatic carbocycles. The third kappa shape index (κ3) is 5.81. The fourth-order valence-corrected chi connectivity index (χ4v) is 2.26. The number of benzene rings is 1. The molecule has 0 aliphatic heterocycles. The lowest BCUT2D eigenvalue weighted by atomic mass is 10.0. The fraction of sp³-hybridized carbons (Fsp3) is 0.500. The fourth-order valence-electron chi connectivity index (χ4n) is 2.03. The van der Waals surface area contributed by atoms with Crippen LogP contribution in [-0.4, -0.2) is 43.0 Å². The second kappa shape index (κ2) is 8.10. The van der Waals surface area contributed by atoms with Gasteiger partial charge in [0, 0.05) is 23.1 Å². The van der Waals surface area contributed by atoms with Crippen molar-refractivity contribution in [1.82, 2.24) is 5.32 Å². The zero-order valence-corrected chi connectivity index (χ0v) is 15.1. The smallest absolute Gasteiger partial charge is 0.408 e. The van der Waals surface area contributed by atoms with Crippen molar-refractivity contribution in [3.05, 3.63) is 22.7 Å². The first kappa shape index (κ1) is 19.9. The number of nitrogens with one attached hydrogen (secondary N) is 1. The Kier molecular flexibility index (Phi) is 6.71. The van der Waals surface area contributed by atoms with Crippen LogP contribution in [0, 0.1) is 0 Å². The van der Waals surface area contributed by atoms with E-state index in [1.807, 2.05) is 0 Å². The number of alkyl carbamates (subject to hydrolysis) is 1. The van der Waals surface area contributed by atoms with Gasteiger partial charge in [0.1, 0.15) is 11.6 Å². The monoisotopic (exact) mass is 359 g/mol. The van der Waals surface area contributed by atoms with E-state index in [4.69, 9.17) is 25.8 Å². The maximum Gasteiger partial charge on any atom is 0.408 e. The standard InChI is InChI=1S/C16H22ClNO6/c1-16(2,3)24-15(21)18-11(14(19)20)7-9-6-10(17)8-12(22-4)13(9)23-5/h6,8,11H,7H2,1-5H3,(H,18,21)(H,19,20). The molecule has 0 fully saturated rings. The first-order valence-corrected chi connectivity index (χ1v) is 7.58. The number of rotatable bonds is 6. The first-order valence-electron chi connectivity index (χ1n) is 7.20. The second-order valence-corrected chi connectivity index (χ2v) is 6.48. The molecule has 8 heteroatoms. The molecule has 2 N–H and O–H groups in total. The Labute approximate surface area is 145 Å². The zero-order chi connectivity index (χ0) is 18.5. The summed E-state index contributed by atoms with van der Waals surface area (Å²) in [6, 6.07) is 1.91. The molecule has 0 heterocycles. The lowest BCUT2D eigenvalue weighted by Crippen LogP contribution is -2.44. The Bertz CT molecular complexity index is 611. The van der Waals surface area contributed by atoms with Crippen molar-refractivity contribution in [1.29, 1.82) is 0 Å². The molecule has 0 aliphatic rings. The van der Waals surface area contributed by atoms with Crippen molar-refractivity contribution < 1.29 is 28.9 Å². The Balaban J connectivity index is 3.03. The van der Waals surface area contributed by atoms with Crippen LogP contribution in [0.4, 0.5) is 4.79 Å². The molecule has 0 aromatic heterocycles. The highest BCUT2D eigenvalue weighted by Crippen LogP contribution is 2.35. The van der Waals surface area contributed by atoms with Crippen molar-refractivity contribution in [2.45, 2.75) is 38.8 Å². The highest BCUT2D eigenvalue weighted by Gasteiger charge is 2.26. The van der Waals surface area contributed by atoms with Gasteiger partial charge < -0.3 is 24.6 Å². The van der Waals surface area contributed by atoms with Gasteiger partial charge in [0.2, 0.25) is 0 Å². The maximum absolute atomic E-state index is 11.8. The number of hydrogen-bond acceptors (Lipinski definition) is 5. The summed E-state index contributed by atoms with van der Waals surface area (Å²) in [5.41, 5.74) is -0.241. The van der Waals surface area contributed by atoms with Crippen molar-refractivity contribution in [2.75, 3.05) is 14.2 Å². The quantitative estimate of drug-likeness (QED) is 0.811. The lowest BCUT2D eigenvalue weighted by molar-refractivity contribution is -0.139. The van der Waals surface area contributed by atoms with E-state index in [0.29, 0.717) is 22.1 Å². The molecule has 0 spiro atoms. The van der Waals surface area contributed by atoms with Gasteiger partial charge in [-0.3, -0.25) is 0 Å². The minimum absolute atomic E-state index is 0.0470. The van der Waals surface area contributed by atoms with Crippen LogP contribution in [0.2, 0.25) is 5.02 Å². The molecule has 134 valence electrons. The number of halogens is 1. The minimum atomic E-state index is -1.21. The van der Waals surface area contributed by atoms with Gasteiger partial charge in [-0.2, -0.15) is 0 Å². The van der Waals surface area contributed by atoms with Gasteiger partial charge in [-0.1, -0.05) is 11.6 Å². The predicted octanol–water partition coefficient (Wildman–Crippen LogP) is 2.88. The van der Waals surface area contributed by atoms with E-state index in [2.05, 4.69) is 5.32 Å². The van der Waals surface area contributed by atoms with Gasteiger partial charge in [0.15, 0.2) is 11.5 Å². The molecule has 1 atom stereocenters. The van der Waals surface area contributed by atoms with Crippen molar-refractivity contribution >= 4 is 23.7 Å². The van der Waals surface area contributed by atoms with Crippen LogP contribution in [0.3, 0.4) is 0 Å². The highest BCUT2D eigenvalue weighted by atomic mass is 35.5. The molecule has 0 radical (unpaired) electrons. The topological polar surface area (TPSA) is 94.1 Å². The van der Waals surface area contributed by atoms with E-state index >= 15 is 0 Å². The summed E-state index contributed by atoms with van der Waals surface area (Å²) in [5.74, 6) is -0.470. The summed E-state index contributed by atoms with van der Waals surface area (Å²) in [5, 5.41) is 12.1. The molecule has 1 aromatic rings. The van der Waals surface area contributed by atoms with Crippen molar-refractivity contribution in [3.8, 4) is 11.5 Å². The lowest BCUT2D eigenvalue weighted by Gasteiger charge is -2.22. The molecular weight excluding hydrogens is 338 g/mol. The molecular formula is C16H22ClNO6. The molecule has 1 rings (SSSR count). The average molecular weight is 360 g/mol. The SMILES string of the molecule is COc1cc(Cl)cc(CC(NC(=O)OC(C)(C)C)C(=O)O)c1OC. The third-order valence-corrected chi connectivity index (χ3v) is 3.15. The normalized spacial score (nSPS) is 12.2. The van der Waals surface area contributed by atoms with E-state index in [-0.39, 0.29) is 6.42 Å². The van der Waals surface area contributed by atoms with Crippen LogP contribution >= 0.6 is 11.6 Å². The van der Waals surface area contributed by atoms with Gasteiger partial charge in [0.25, 0.3) is 0 Å². The molecule has 7 nitrogen and oxygen atoms in total. The number of ether oxygens (including phenoxy) is 3. The third-order valence-electron chi connectivity index (χ3n) is 2.93. The van der Waals surface area contributed by atoms with Crippen LogP contribution in [0.5, 0.6) is 11.5 Å². The van der Waals surface area contributed by atoms with Crippen LogP contribution in [0.15, 0.2) is 12.1 Å². The van der Waals surface area contributed by atoms with Crippen LogP contribution in [-0.2, 0) is 16.0 Å². The van der Waals surface area contributed by atoms with E-state index in [1.54, 1.807) is 32.9 Å². The summed E-state index contributed by atoms with van der Waals surface area (Å²) < 4.78 is 15.5. The number of carboxylic acids is 1.